The van der Waals surface area contributed by atoms with Crippen LogP contribution in [0.4, 0.5) is 63.6 Å². The van der Waals surface area contributed by atoms with Crippen LogP contribution >= 0.6 is 24.8 Å². The van der Waals surface area contributed by atoms with Crippen molar-refractivity contribution in [3.8, 4) is 5.69 Å². The van der Waals surface area contributed by atoms with Gasteiger partial charge in [0.15, 0.2) is 73.1 Å². The van der Waals surface area contributed by atoms with Gasteiger partial charge in [0.1, 0.15) is 46.4 Å². The topological polar surface area (TPSA) is 293 Å². The number of aromatic nitrogens is 6. The number of piperazine rings is 5. The maximum absolute atomic E-state index is 15.3. The highest BCUT2D eigenvalue weighted by atomic mass is 35.5. The molecule has 7 fully saturated rings. The number of rotatable bonds is 17. The van der Waals surface area contributed by atoms with Gasteiger partial charge in [-0.1, -0.05) is 6.92 Å². The molecule has 6 aliphatic heterocycles. The molecule has 148 heavy (non-hydrogen) atoms. The Balaban J connectivity index is 0.000000140. The van der Waals surface area contributed by atoms with E-state index in [1.807, 2.05) is 60.8 Å². The van der Waals surface area contributed by atoms with Crippen LogP contribution in [0.5, 0.6) is 0 Å². The summed E-state index contributed by atoms with van der Waals surface area (Å²) in [7, 11) is 2.02. The Morgan fingerprint density at radius 3 is 1.14 bits per heavy atom. The number of anilines is 5. The lowest BCUT2D eigenvalue weighted by molar-refractivity contribution is 0.100. The Morgan fingerprint density at radius 1 is 0.351 bits per heavy atom. The molecule has 6 aromatic heterocycles. The number of hydrogen-bond donors (Lipinski definition) is 3. The van der Waals surface area contributed by atoms with E-state index in [2.05, 4.69) is 37.6 Å². The van der Waals surface area contributed by atoms with Gasteiger partial charge in [0.25, 0.3) is 0 Å². The van der Waals surface area contributed by atoms with Gasteiger partial charge < -0.3 is 77.7 Å². The van der Waals surface area contributed by atoms with Crippen LogP contribution < -0.4 is 73.0 Å². The Morgan fingerprint density at radius 2 is 0.716 bits per heavy atom. The molecular formula is C110H122Cl2F8N16O12. The number of halogens is 10. The lowest BCUT2D eigenvalue weighted by Crippen LogP contribution is -2.49. The monoisotopic (exact) mass is 2080 g/mol. The average Bonchev–Trinajstić information content (AvgIpc) is 1.74. The van der Waals surface area contributed by atoms with Gasteiger partial charge in [0, 0.05) is 231 Å². The van der Waals surface area contributed by atoms with Crippen molar-refractivity contribution in [2.45, 2.75) is 152 Å². The van der Waals surface area contributed by atoms with E-state index in [1.165, 1.54) is 107 Å². The number of likely N-dealkylation sites (N-methyl/N-ethyl adjacent to an activating group) is 2. The minimum Gasteiger partial charge on any atom is -0.367 e. The third-order valence-electron chi connectivity index (χ3n) is 28.7. The maximum atomic E-state index is 15.3. The number of aryl methyl sites for hydroxylation is 3. The number of benzene rings is 7. The van der Waals surface area contributed by atoms with Crippen molar-refractivity contribution < 1.29 is 63.9 Å². The van der Waals surface area contributed by atoms with Crippen molar-refractivity contribution in [1.82, 2.24) is 53.2 Å². The molecule has 0 radical (unpaired) electrons. The lowest BCUT2D eigenvalue weighted by Gasteiger charge is -2.35. The summed E-state index contributed by atoms with van der Waals surface area (Å²) in [4.78, 5) is 160. The zero-order valence-corrected chi connectivity index (χ0v) is 86.4. The number of carbonyl (C=O) groups excluding carboxylic acids is 6. The van der Waals surface area contributed by atoms with E-state index in [9.17, 15) is 88.3 Å². The van der Waals surface area contributed by atoms with Crippen LogP contribution in [-0.2, 0) is 19.5 Å². The smallest absolute Gasteiger partial charge is 0.200 e. The molecule has 8 aliphatic rings. The molecule has 7 aromatic carbocycles. The third-order valence-corrected chi connectivity index (χ3v) is 28.7. The number of ketones is 6. The first-order valence-corrected chi connectivity index (χ1v) is 49.8. The first-order valence-electron chi connectivity index (χ1n) is 49.8. The number of pyridine rings is 6. The van der Waals surface area contributed by atoms with Crippen LogP contribution in [0.15, 0.2) is 157 Å². The van der Waals surface area contributed by atoms with Gasteiger partial charge in [-0.3, -0.25) is 57.5 Å². The fraction of sp³-hybridized carbons (Fsp3) is 0.400. The molecule has 38 heteroatoms. The van der Waals surface area contributed by atoms with E-state index in [-0.39, 0.29) is 143 Å². The molecule has 784 valence electrons. The van der Waals surface area contributed by atoms with Crippen molar-refractivity contribution in [2.75, 3.05) is 162 Å². The first-order chi connectivity index (χ1) is 69.8. The zero-order chi connectivity index (χ0) is 105. The molecule has 0 bridgehead atoms. The summed E-state index contributed by atoms with van der Waals surface area (Å²) in [6, 6.07) is 22.5. The normalized spacial score (nSPS) is 16.8. The Kier molecular flexibility index (Phi) is 34.7. The quantitative estimate of drug-likeness (QED) is 0.0564. The molecule has 12 heterocycles. The fourth-order valence-corrected chi connectivity index (χ4v) is 20.2. The van der Waals surface area contributed by atoms with Crippen LogP contribution in [0.1, 0.15) is 194 Å². The van der Waals surface area contributed by atoms with Crippen LogP contribution in [-0.4, -0.2) is 216 Å². The lowest BCUT2D eigenvalue weighted by atomic mass is 9.95. The van der Waals surface area contributed by atoms with Crippen molar-refractivity contribution in [3.63, 3.8) is 0 Å². The minimum absolute atomic E-state index is 0. The summed E-state index contributed by atoms with van der Waals surface area (Å²) < 4.78 is 127. The van der Waals surface area contributed by atoms with E-state index in [1.54, 1.807) is 77.6 Å². The van der Waals surface area contributed by atoms with Gasteiger partial charge in [-0.05, 0) is 218 Å². The zero-order valence-electron chi connectivity index (χ0n) is 84.8. The van der Waals surface area contributed by atoms with E-state index in [0.29, 0.717) is 114 Å². The molecule has 2 unspecified atom stereocenters. The van der Waals surface area contributed by atoms with Gasteiger partial charge in [-0.2, -0.15) is 0 Å². The molecule has 0 spiro atoms. The van der Waals surface area contributed by atoms with Crippen molar-refractivity contribution >= 4 is 153 Å². The summed E-state index contributed by atoms with van der Waals surface area (Å²) in [5.74, 6) is -5.99. The van der Waals surface area contributed by atoms with Crippen LogP contribution in [0, 0.1) is 46.5 Å². The summed E-state index contributed by atoms with van der Waals surface area (Å²) in [6.07, 6.45) is 15.1. The van der Waals surface area contributed by atoms with E-state index in [4.69, 9.17) is 0 Å². The fourth-order valence-electron chi connectivity index (χ4n) is 20.2. The molecule has 2 aliphatic carbocycles. The van der Waals surface area contributed by atoms with Crippen molar-refractivity contribution in [3.05, 3.63) is 275 Å². The molecule has 28 nitrogen and oxygen atoms in total. The highest BCUT2D eigenvalue weighted by molar-refractivity contribution is 6.03. The van der Waals surface area contributed by atoms with Gasteiger partial charge in [-0.25, -0.2) is 35.1 Å². The predicted octanol–water partition coefficient (Wildman–Crippen LogP) is 15.9. The highest BCUT2D eigenvalue weighted by Crippen LogP contribution is 2.42. The van der Waals surface area contributed by atoms with Gasteiger partial charge in [0.2, 0.25) is 0 Å². The Bertz CT molecular complexity index is 7790. The number of carbonyl (C=O) groups is 6. The molecular weight excluding hydrogens is 1960 g/mol. The summed E-state index contributed by atoms with van der Waals surface area (Å²) in [5, 5.41) is 10.9. The molecule has 3 N–H and O–H groups in total. The standard InChI is InChI=1S/C22H21F2N3O2.C20H24FN3O2.C18H21F2N3O2.C18H20FN3O2.C17H20FN3O2.C15H14FNO2.2ClH/c1-14(28)18-13-27(16-5-3-15(23)4-6-16)20-12-21(19(24)11-17(20)22(18)29)26-9-7-25(2)8-10-26;1-3-22-6-8-23(9-7-22)19-11-18-15(10-17(19)21)20(26)16(13(2)25)12-24(18)14-4-5-14;1-4-22-9-13(11(3)24)18(25)12-7-14(19)17(15(20)16(12)22)23-6-5-21-10(2)8-23;1-11(23)14-10-22(12-2-3-12)16-9-17(21-6-4-20-5-7-21)15(19)8-13(16)18(14)24;1-3-20-10-13(11(2)22)17(23)12-8-14(18)16(9-15(12)20)21-6-4-19-5-7-21;1-8-3-4-10-5-11(16)6-12-14(10)17(8)7-13(9(2)18)15(12)19;;/h3-6,11-13H,7-10H2,1-2H3;10-12,14H,3-9H2,1-2H3;7,9-10,21H,4-6,8H2,1-3H3;8-10,12,20H,2-7H2,1H3;8-10,19H,3-7H2,1-2H3;5-8H,3-4H2,1-2H3;2*1H. The van der Waals surface area contributed by atoms with Gasteiger partial charge >= 0.3 is 0 Å². The Labute approximate surface area is 860 Å². The second kappa shape index (κ2) is 46.6. The van der Waals surface area contributed by atoms with Crippen molar-refractivity contribution in [2.24, 2.45) is 0 Å². The minimum atomic E-state index is -0.778. The molecule has 0 amide bonds. The third kappa shape index (κ3) is 23.1. The molecule has 5 saturated heterocycles. The number of fused-ring (bicyclic) bond motifs is 5. The van der Waals surface area contributed by atoms with Gasteiger partial charge in [-0.15, -0.1) is 24.8 Å². The Hall–Kier alpha value is -13.4. The summed E-state index contributed by atoms with van der Waals surface area (Å²) in [5.41, 5.74) is 4.52. The number of hydrogen-bond acceptors (Lipinski definition) is 22. The summed E-state index contributed by atoms with van der Waals surface area (Å²) >= 11 is 0. The van der Waals surface area contributed by atoms with E-state index >= 15 is 4.39 Å². The van der Waals surface area contributed by atoms with Crippen molar-refractivity contribution in [1.29, 1.82) is 0 Å². The molecule has 21 rings (SSSR count). The highest BCUT2D eigenvalue weighted by Gasteiger charge is 2.34. The average molecular weight is 2080 g/mol. The van der Waals surface area contributed by atoms with E-state index < -0.39 is 68.6 Å². The first kappa shape index (κ1) is 110. The van der Waals surface area contributed by atoms with Gasteiger partial charge in [0.05, 0.1) is 94.6 Å². The summed E-state index contributed by atoms with van der Waals surface area (Å²) in [6.45, 7) is 33.9. The van der Waals surface area contributed by atoms with E-state index in [0.717, 1.165) is 165 Å². The predicted molar refractivity (Wildman–Crippen MR) is 570 cm³/mol. The largest absolute Gasteiger partial charge is 0.367 e. The second-order valence-corrected chi connectivity index (χ2v) is 38.7. The number of nitrogens with one attached hydrogen (secondary N) is 3. The number of Topliss-reactive ketones (excluding diaryl/α,β-unsaturated/α-hetero) is 6. The SMILES string of the molecule is CC(=O)c1cn(-c2ccc(F)cc2)c2cc(N3CCN(C)CC3)c(F)cc2c1=O.CC(=O)c1cn(C2CC2)c2cc(N3CCNCC3)c(F)cc2c1=O.CC(=O)c1cn2c3c(cc(F)cc3c1=O)CCC2C.CCN1CCN(c2cc3c(cc2F)c(=O)c(C(C)=O)cn3C2CC2)CC1.CCn1cc(C(C)=O)c(=O)c2cc(F)c(N3CCNC(C)C3)c(F)c21.CCn1cc(C(C)=O)c(=O)c2cc(F)c(N3CCNCC3)cc21.Cl.Cl. The molecule has 13 aromatic rings. The molecule has 2 saturated carbocycles. The number of nitrogens with zero attached hydrogens (tertiary/aromatic N) is 13. The van der Waals surface area contributed by atoms with Crippen LogP contribution in [0.2, 0.25) is 0 Å². The van der Waals surface area contributed by atoms with Crippen LogP contribution in [0.25, 0.3) is 71.1 Å². The second-order valence-electron chi connectivity index (χ2n) is 38.7. The maximum Gasteiger partial charge on any atom is 0.200 e. The molecule has 2 atom stereocenters. The van der Waals surface area contributed by atoms with Crippen LogP contribution in [0.3, 0.4) is 0 Å².